The molecule has 0 bridgehead atoms. The average Bonchev–Trinajstić information content (AvgIpc) is 2.80. The number of nitrogens with one attached hydrogen (secondary N) is 1. The molecule has 4 nitrogen and oxygen atoms in total. The van der Waals surface area contributed by atoms with Crippen molar-refractivity contribution in [2.24, 2.45) is 0 Å². The summed E-state index contributed by atoms with van der Waals surface area (Å²) < 4.78 is 7.18. The summed E-state index contributed by atoms with van der Waals surface area (Å²) in [6.45, 7) is 7.34. The van der Waals surface area contributed by atoms with Crippen molar-refractivity contribution in [3.8, 4) is 0 Å². The van der Waals surface area contributed by atoms with Gasteiger partial charge in [0, 0.05) is 5.38 Å². The molecule has 2 rings (SSSR count). The summed E-state index contributed by atoms with van der Waals surface area (Å²) in [5, 5.41) is 6.59. The molecule has 0 unspecified atom stereocenters. The van der Waals surface area contributed by atoms with Crippen molar-refractivity contribution in [1.29, 1.82) is 0 Å². The largest absolute Gasteiger partial charge is 0.462 e. The molecule has 1 heterocycles. The fourth-order valence-corrected chi connectivity index (χ4v) is 2.93. The van der Waals surface area contributed by atoms with Crippen LogP contribution in [0.3, 0.4) is 0 Å². The summed E-state index contributed by atoms with van der Waals surface area (Å²) in [6.07, 6.45) is 0. The summed E-state index contributed by atoms with van der Waals surface area (Å²) >= 11 is 1.67. The highest BCUT2D eigenvalue weighted by Gasteiger charge is 2.14. The molecule has 2 aromatic rings. The molecule has 0 saturated heterocycles. The second kappa shape index (κ2) is 6.52. The van der Waals surface area contributed by atoms with Gasteiger partial charge in [0.2, 0.25) is 0 Å². The summed E-state index contributed by atoms with van der Waals surface area (Å²) in [5.74, 6) is -0.283. The fourth-order valence-electron chi connectivity index (χ4n) is 1.95. The van der Waals surface area contributed by atoms with E-state index in [1.807, 2.05) is 12.1 Å². The van der Waals surface area contributed by atoms with Crippen molar-refractivity contribution >= 4 is 28.1 Å². The highest BCUT2D eigenvalue weighted by molar-refractivity contribution is 7.13. The average molecular weight is 291 g/mol. The topological polar surface area (TPSA) is 42.2 Å². The number of hydrogen-bond donors (Lipinski definition) is 1. The van der Waals surface area contributed by atoms with E-state index in [9.17, 15) is 4.79 Å². The van der Waals surface area contributed by atoms with Crippen LogP contribution in [0, 0.1) is 6.92 Å². The van der Waals surface area contributed by atoms with Crippen molar-refractivity contribution in [1.82, 2.24) is 0 Å². The molecule has 0 aliphatic rings. The second-order valence-electron chi connectivity index (χ2n) is 4.35. The number of thiazole rings is 1. The summed E-state index contributed by atoms with van der Waals surface area (Å²) in [4.78, 5) is 11.6. The van der Waals surface area contributed by atoms with E-state index in [2.05, 4.69) is 29.1 Å². The zero-order valence-corrected chi connectivity index (χ0v) is 12.8. The van der Waals surface area contributed by atoms with Crippen molar-refractivity contribution in [3.63, 3.8) is 0 Å². The number of aromatic nitrogens is 1. The molecule has 0 radical (unpaired) electrons. The predicted molar refractivity (Wildman–Crippen MR) is 80.6 cm³/mol. The number of aryl methyl sites for hydroxylation is 1. The van der Waals surface area contributed by atoms with E-state index in [0.717, 1.165) is 17.4 Å². The van der Waals surface area contributed by atoms with E-state index >= 15 is 0 Å². The van der Waals surface area contributed by atoms with Crippen LogP contribution >= 0.6 is 11.3 Å². The summed E-state index contributed by atoms with van der Waals surface area (Å²) in [6, 6.07) is 7.33. The Morgan fingerprint density at radius 1 is 1.30 bits per heavy atom. The fraction of sp³-hybridized carbons (Fsp3) is 0.333. The van der Waals surface area contributed by atoms with Crippen LogP contribution in [0.5, 0.6) is 0 Å². The van der Waals surface area contributed by atoms with E-state index in [0.29, 0.717) is 12.2 Å². The Bertz CT molecular complexity index is 590. The van der Waals surface area contributed by atoms with Gasteiger partial charge >= 0.3 is 11.1 Å². The first kappa shape index (κ1) is 14.5. The number of esters is 1. The molecule has 0 spiro atoms. The van der Waals surface area contributed by atoms with Crippen LogP contribution in [-0.4, -0.2) is 12.6 Å². The van der Waals surface area contributed by atoms with Gasteiger partial charge in [0.05, 0.1) is 18.7 Å². The number of rotatable bonds is 5. The first-order chi connectivity index (χ1) is 9.65. The van der Waals surface area contributed by atoms with Gasteiger partial charge in [0.1, 0.15) is 11.4 Å². The Kier molecular flexibility index (Phi) is 4.74. The van der Waals surface area contributed by atoms with E-state index in [-0.39, 0.29) is 5.97 Å². The summed E-state index contributed by atoms with van der Waals surface area (Å²) in [7, 11) is 0. The number of ether oxygens (including phenoxy) is 1. The molecule has 0 saturated carbocycles. The minimum absolute atomic E-state index is 0.283. The maximum absolute atomic E-state index is 11.6. The van der Waals surface area contributed by atoms with Crippen LogP contribution in [0.2, 0.25) is 0 Å². The monoisotopic (exact) mass is 291 g/mol. The third-order valence-corrected chi connectivity index (χ3v) is 3.98. The number of nitrogens with zero attached hydrogens (tertiary/aromatic N) is 1. The van der Waals surface area contributed by atoms with Crippen LogP contribution in [0.1, 0.15) is 29.9 Å². The Labute approximate surface area is 123 Å². The number of benzene rings is 1. The maximum Gasteiger partial charge on any atom is 0.339 e. The van der Waals surface area contributed by atoms with Gasteiger partial charge in [0.15, 0.2) is 0 Å². The van der Waals surface area contributed by atoms with Gasteiger partial charge < -0.3 is 4.74 Å². The molecule has 0 aliphatic carbocycles. The molecule has 1 N–H and O–H groups in total. The Morgan fingerprint density at radius 3 is 2.60 bits per heavy atom. The molecule has 0 aliphatic heterocycles. The third-order valence-electron chi connectivity index (χ3n) is 2.98. The Balaban J connectivity index is 2.12. The van der Waals surface area contributed by atoms with Gasteiger partial charge in [-0.3, -0.25) is 0 Å². The molecule has 1 aromatic carbocycles. The molecule has 1 aromatic heterocycles. The standard InChI is InChI=1S/C15H18N2O2S/c1-4-17-11(3)10-20-15(17)16-13-8-6-12(7-9-13)14(18)19-5-2/h6-10H,4-5H2,1-3H3/p+1. The zero-order valence-electron chi connectivity index (χ0n) is 12.0. The quantitative estimate of drug-likeness (QED) is 0.679. The van der Waals surface area contributed by atoms with Crippen LogP contribution in [-0.2, 0) is 11.3 Å². The van der Waals surface area contributed by atoms with E-state index < -0.39 is 0 Å². The number of anilines is 2. The number of hydrogen-bond acceptors (Lipinski definition) is 4. The maximum atomic E-state index is 11.6. The molecule has 0 atom stereocenters. The number of carbonyl (C=O) groups is 1. The smallest absolute Gasteiger partial charge is 0.339 e. The zero-order chi connectivity index (χ0) is 14.5. The lowest BCUT2D eigenvalue weighted by atomic mass is 10.2. The molecule has 0 fully saturated rings. The predicted octanol–water partition coefficient (Wildman–Crippen LogP) is 3.28. The first-order valence-electron chi connectivity index (χ1n) is 6.67. The van der Waals surface area contributed by atoms with Gasteiger partial charge in [-0.2, -0.15) is 0 Å². The lowest BCUT2D eigenvalue weighted by molar-refractivity contribution is -0.681. The highest BCUT2D eigenvalue weighted by Crippen LogP contribution is 2.20. The van der Waals surface area contributed by atoms with E-state index in [1.54, 1.807) is 30.4 Å². The minimum atomic E-state index is -0.283. The van der Waals surface area contributed by atoms with Gasteiger partial charge in [-0.1, -0.05) is 11.3 Å². The van der Waals surface area contributed by atoms with Crippen LogP contribution in [0.4, 0.5) is 10.8 Å². The van der Waals surface area contributed by atoms with E-state index in [1.165, 1.54) is 5.69 Å². The van der Waals surface area contributed by atoms with Crippen molar-refractivity contribution in [2.75, 3.05) is 11.9 Å². The van der Waals surface area contributed by atoms with E-state index in [4.69, 9.17) is 4.74 Å². The summed E-state index contributed by atoms with van der Waals surface area (Å²) in [5.41, 5.74) is 2.77. The Morgan fingerprint density at radius 2 is 2.00 bits per heavy atom. The number of carbonyl (C=O) groups excluding carboxylic acids is 1. The lowest BCUT2D eigenvalue weighted by Crippen LogP contribution is -2.35. The Hall–Kier alpha value is -1.88. The molecule has 106 valence electrons. The van der Waals surface area contributed by atoms with Gasteiger partial charge in [0.25, 0.3) is 0 Å². The molecular weight excluding hydrogens is 272 g/mol. The van der Waals surface area contributed by atoms with Gasteiger partial charge in [-0.05, 0) is 45.0 Å². The SMILES string of the molecule is CCOC(=O)c1ccc(Nc2scc(C)[n+]2CC)cc1. The van der Waals surface area contributed by atoms with Crippen LogP contribution in [0.25, 0.3) is 0 Å². The van der Waals surface area contributed by atoms with Gasteiger partial charge in [-0.25, -0.2) is 14.7 Å². The first-order valence-corrected chi connectivity index (χ1v) is 7.55. The van der Waals surface area contributed by atoms with Gasteiger partial charge in [-0.15, -0.1) is 0 Å². The van der Waals surface area contributed by atoms with Crippen molar-refractivity contribution < 1.29 is 14.1 Å². The van der Waals surface area contributed by atoms with Crippen LogP contribution in [0.15, 0.2) is 29.6 Å². The van der Waals surface area contributed by atoms with Crippen molar-refractivity contribution in [2.45, 2.75) is 27.3 Å². The molecule has 0 amide bonds. The molecular formula is C15H19N2O2S+. The molecule has 5 heteroatoms. The minimum Gasteiger partial charge on any atom is -0.462 e. The second-order valence-corrected chi connectivity index (χ2v) is 5.21. The normalized spacial score (nSPS) is 10.3. The highest BCUT2D eigenvalue weighted by atomic mass is 32.1. The lowest BCUT2D eigenvalue weighted by Gasteiger charge is -2.03. The van der Waals surface area contributed by atoms with Crippen molar-refractivity contribution in [3.05, 3.63) is 40.9 Å². The third kappa shape index (κ3) is 3.17. The molecule has 20 heavy (non-hydrogen) atoms. The van der Waals surface area contributed by atoms with Crippen LogP contribution < -0.4 is 9.88 Å².